The molecule has 0 bridgehead atoms. The van der Waals surface area contributed by atoms with Crippen LogP contribution in [0, 0.1) is 0 Å². The van der Waals surface area contributed by atoms with E-state index in [0.717, 1.165) is 0 Å². The van der Waals surface area contributed by atoms with E-state index in [2.05, 4.69) is 10.3 Å². The highest BCUT2D eigenvalue weighted by Crippen LogP contribution is 1.60. The zero-order valence-electron chi connectivity index (χ0n) is 7.59. The topological polar surface area (TPSA) is 87.7 Å². The van der Waals surface area contributed by atoms with E-state index >= 15 is 0 Å². The number of hydrogen-bond donors (Lipinski definition) is 3. The summed E-state index contributed by atoms with van der Waals surface area (Å²) in [5.41, 5.74) is 5.02. The lowest BCUT2D eigenvalue weighted by atomic mass is 10.6. The number of carbonyl (C=O) groups is 1. The predicted octanol–water partition coefficient (Wildman–Crippen LogP) is -1.39. The fraction of sp³-hybridized carbons (Fsp3) is 0.500. The number of guanidine groups is 1. The standard InChI is InChI=1S/C4H9N3O2/c1-6-4(5)7-2-3(8)9/h2H2,1H3,(H,8,9)(H3,5,6,7)/i1D3. The maximum absolute atomic E-state index is 9.96. The molecule has 0 atom stereocenters. The molecular formula is C4H9N3O2. The van der Waals surface area contributed by atoms with E-state index < -0.39 is 25.4 Å². The molecule has 0 fully saturated rings. The van der Waals surface area contributed by atoms with Crippen molar-refractivity contribution >= 4 is 11.9 Å². The fourth-order valence-corrected chi connectivity index (χ4v) is 0.206. The van der Waals surface area contributed by atoms with Gasteiger partial charge in [0.25, 0.3) is 0 Å². The molecule has 0 saturated carbocycles. The molecule has 0 aliphatic rings. The smallest absolute Gasteiger partial charge is 0.322 e. The van der Waals surface area contributed by atoms with Crippen molar-refractivity contribution in [3.63, 3.8) is 0 Å². The van der Waals surface area contributed by atoms with Crippen molar-refractivity contribution in [2.45, 2.75) is 0 Å². The highest BCUT2D eigenvalue weighted by Gasteiger charge is 1.94. The van der Waals surface area contributed by atoms with Crippen molar-refractivity contribution in [2.75, 3.05) is 13.5 Å². The monoisotopic (exact) mass is 134 g/mol. The van der Waals surface area contributed by atoms with Crippen molar-refractivity contribution in [1.82, 2.24) is 5.32 Å². The quantitative estimate of drug-likeness (QED) is 0.320. The number of aliphatic imine (C=N–C) groups is 1. The second kappa shape index (κ2) is 3.71. The summed E-state index contributed by atoms with van der Waals surface area (Å²) in [5.74, 6) is -1.55. The summed E-state index contributed by atoms with van der Waals surface area (Å²) in [6.07, 6.45) is 0. The van der Waals surface area contributed by atoms with Gasteiger partial charge in [-0.3, -0.25) is 9.79 Å². The molecule has 4 N–H and O–H groups in total. The van der Waals surface area contributed by atoms with Crippen LogP contribution in [-0.4, -0.2) is 30.6 Å². The van der Waals surface area contributed by atoms with E-state index in [9.17, 15) is 4.79 Å². The Hall–Kier alpha value is -1.26. The molecule has 5 heteroatoms. The molecule has 0 aromatic heterocycles. The van der Waals surface area contributed by atoms with Gasteiger partial charge in [0, 0.05) is 11.1 Å². The number of nitrogens with two attached hydrogens (primary N) is 1. The van der Waals surface area contributed by atoms with Gasteiger partial charge in [-0.25, -0.2) is 0 Å². The van der Waals surface area contributed by atoms with Gasteiger partial charge < -0.3 is 16.2 Å². The van der Waals surface area contributed by atoms with Crippen LogP contribution in [0.1, 0.15) is 4.11 Å². The molecule has 0 saturated heterocycles. The molecule has 0 aliphatic heterocycles. The first-order valence-corrected chi connectivity index (χ1v) is 2.12. The maximum Gasteiger partial charge on any atom is 0.322 e. The summed E-state index contributed by atoms with van der Waals surface area (Å²) in [6, 6.07) is 0. The number of aliphatic carboxylic acids is 1. The van der Waals surface area contributed by atoms with Gasteiger partial charge in [0.15, 0.2) is 5.96 Å². The molecule has 0 rings (SSSR count). The molecule has 0 aromatic rings. The van der Waals surface area contributed by atoms with E-state index in [1.807, 2.05) is 0 Å². The molecule has 0 aliphatic carbocycles. The third-order valence-electron chi connectivity index (χ3n) is 0.541. The van der Waals surface area contributed by atoms with Gasteiger partial charge in [0.1, 0.15) is 6.54 Å². The van der Waals surface area contributed by atoms with Crippen LogP contribution in [-0.2, 0) is 4.79 Å². The van der Waals surface area contributed by atoms with Gasteiger partial charge >= 0.3 is 5.97 Å². The Bertz CT molecular complexity index is 200. The summed E-state index contributed by atoms with van der Waals surface area (Å²) < 4.78 is 19.9. The minimum absolute atomic E-state index is 0.405. The van der Waals surface area contributed by atoms with Crippen molar-refractivity contribution in [3.8, 4) is 0 Å². The largest absolute Gasteiger partial charge is 0.480 e. The number of nitrogens with one attached hydrogen (secondary N) is 1. The zero-order valence-corrected chi connectivity index (χ0v) is 4.59. The van der Waals surface area contributed by atoms with Crippen LogP contribution in [0.4, 0.5) is 0 Å². The third kappa shape index (κ3) is 4.60. The lowest BCUT2D eigenvalue weighted by molar-refractivity contribution is -0.135. The molecule has 0 radical (unpaired) electrons. The van der Waals surface area contributed by atoms with Gasteiger partial charge in [0.05, 0.1) is 0 Å². The summed E-state index contributed by atoms with van der Waals surface area (Å²) in [7, 11) is 0. The van der Waals surface area contributed by atoms with E-state index in [-0.39, 0.29) is 0 Å². The van der Waals surface area contributed by atoms with Gasteiger partial charge in [-0.05, 0) is 0 Å². The Morgan fingerprint density at radius 3 is 3.22 bits per heavy atom. The first-order valence-electron chi connectivity index (χ1n) is 3.62. The second-order valence-corrected chi connectivity index (χ2v) is 1.24. The molecular weight excluding hydrogens is 122 g/mol. The van der Waals surface area contributed by atoms with Crippen LogP contribution < -0.4 is 11.1 Å². The van der Waals surface area contributed by atoms with Crippen LogP contribution in [0.15, 0.2) is 4.99 Å². The van der Waals surface area contributed by atoms with E-state index in [4.69, 9.17) is 15.0 Å². The molecule has 0 amide bonds. The molecule has 52 valence electrons. The average Bonchev–Trinajstić information content (AvgIpc) is 1.79. The number of carboxylic acid groups (broad SMARTS) is 1. The van der Waals surface area contributed by atoms with Gasteiger partial charge in [-0.2, -0.15) is 0 Å². The minimum atomic E-state index is -2.53. The summed E-state index contributed by atoms with van der Waals surface area (Å²) in [6.45, 7) is -2.99. The molecule has 0 spiro atoms. The van der Waals surface area contributed by atoms with Crippen LogP contribution in [0.25, 0.3) is 0 Å². The van der Waals surface area contributed by atoms with Crippen LogP contribution in [0.3, 0.4) is 0 Å². The van der Waals surface area contributed by atoms with Crippen LogP contribution in [0.5, 0.6) is 0 Å². The molecule has 0 aromatic carbocycles. The molecule has 0 unspecified atom stereocenters. The third-order valence-corrected chi connectivity index (χ3v) is 0.541. The summed E-state index contributed by atoms with van der Waals surface area (Å²) in [5, 5.41) is 10.3. The highest BCUT2D eigenvalue weighted by molar-refractivity contribution is 5.82. The van der Waals surface area contributed by atoms with E-state index in [1.165, 1.54) is 0 Å². The van der Waals surface area contributed by atoms with Gasteiger partial charge in [-0.15, -0.1) is 0 Å². The zero-order chi connectivity index (χ0) is 9.78. The Morgan fingerprint density at radius 1 is 2.11 bits per heavy atom. The lowest BCUT2D eigenvalue weighted by Crippen LogP contribution is -2.35. The van der Waals surface area contributed by atoms with Crippen LogP contribution in [0.2, 0.25) is 0 Å². The van der Waals surface area contributed by atoms with Gasteiger partial charge in [0.2, 0.25) is 0 Å². The number of nitrogens with zero attached hydrogens (tertiary/aromatic N) is 1. The maximum atomic E-state index is 9.96. The van der Waals surface area contributed by atoms with Gasteiger partial charge in [-0.1, -0.05) is 0 Å². The highest BCUT2D eigenvalue weighted by atomic mass is 16.4. The van der Waals surface area contributed by atoms with Crippen molar-refractivity contribution < 1.29 is 14.0 Å². The first-order chi connectivity index (χ1) is 5.31. The molecule has 0 heterocycles. The number of hydrogen-bond acceptors (Lipinski definition) is 2. The van der Waals surface area contributed by atoms with E-state index in [1.54, 1.807) is 0 Å². The predicted molar refractivity (Wildman–Crippen MR) is 33.2 cm³/mol. The molecule has 9 heavy (non-hydrogen) atoms. The molecule has 5 nitrogen and oxygen atoms in total. The minimum Gasteiger partial charge on any atom is -0.480 e. The normalized spacial score (nSPS) is 17.3. The van der Waals surface area contributed by atoms with Crippen molar-refractivity contribution in [2.24, 2.45) is 10.7 Å². The summed E-state index contributed by atoms with van der Waals surface area (Å²) in [4.78, 5) is 13.0. The number of carboxylic acids is 1. The van der Waals surface area contributed by atoms with E-state index in [0.29, 0.717) is 0 Å². The Morgan fingerprint density at radius 2 is 2.78 bits per heavy atom. The SMILES string of the molecule is [2H]C([2H])([2H])N=C(N)NCC(=O)O. The van der Waals surface area contributed by atoms with Crippen molar-refractivity contribution in [3.05, 3.63) is 0 Å². The lowest BCUT2D eigenvalue weighted by Gasteiger charge is -1.97. The average molecular weight is 134 g/mol. The Balaban J connectivity index is 3.95. The first kappa shape index (κ1) is 3.71. The fourth-order valence-electron chi connectivity index (χ4n) is 0.206. The van der Waals surface area contributed by atoms with Crippen LogP contribution >= 0.6 is 0 Å². The Labute approximate surface area is 56.8 Å². The van der Waals surface area contributed by atoms with Crippen molar-refractivity contribution in [1.29, 1.82) is 0 Å². The number of rotatable bonds is 2. The second-order valence-electron chi connectivity index (χ2n) is 1.24. The summed E-state index contributed by atoms with van der Waals surface area (Å²) >= 11 is 0. The Kier molecular flexibility index (Phi) is 1.53.